The van der Waals surface area contributed by atoms with Gasteiger partial charge in [-0.3, -0.25) is 9.36 Å². The first-order chi connectivity index (χ1) is 12.3. The molecular weight excluding hydrogens is 318 g/mol. The van der Waals surface area contributed by atoms with Gasteiger partial charge in [0.2, 0.25) is 5.91 Å². The summed E-state index contributed by atoms with van der Waals surface area (Å²) in [5, 5.41) is 4.08. The summed E-state index contributed by atoms with van der Waals surface area (Å²) >= 11 is 0. The van der Waals surface area contributed by atoms with Gasteiger partial charge in [0.1, 0.15) is 6.33 Å². The highest BCUT2D eigenvalue weighted by Gasteiger charge is 2.32. The third-order valence-corrected chi connectivity index (χ3v) is 4.80. The van der Waals surface area contributed by atoms with Crippen molar-refractivity contribution < 1.29 is 9.32 Å². The van der Waals surface area contributed by atoms with Crippen LogP contribution >= 0.6 is 0 Å². The second-order valence-electron chi connectivity index (χ2n) is 6.46. The highest BCUT2D eigenvalue weighted by molar-refractivity contribution is 5.96. The van der Waals surface area contributed by atoms with Gasteiger partial charge in [0.25, 0.3) is 5.89 Å². The first-order valence-corrected chi connectivity index (χ1v) is 8.56. The summed E-state index contributed by atoms with van der Waals surface area (Å²) in [5.74, 6) is 1.69. The van der Waals surface area contributed by atoms with Crippen molar-refractivity contribution in [1.29, 1.82) is 0 Å². The van der Waals surface area contributed by atoms with E-state index in [0.717, 1.165) is 35.7 Å². The number of para-hydroxylation sites is 2. The van der Waals surface area contributed by atoms with Crippen LogP contribution in [0.3, 0.4) is 0 Å². The van der Waals surface area contributed by atoms with Gasteiger partial charge in [-0.15, -0.1) is 0 Å². The van der Waals surface area contributed by atoms with Crippen LogP contribution < -0.4 is 4.90 Å². The fourth-order valence-electron chi connectivity index (χ4n) is 3.29. The quantitative estimate of drug-likeness (QED) is 0.735. The van der Waals surface area contributed by atoms with Crippen LogP contribution in [-0.4, -0.2) is 25.6 Å². The number of carbonyl (C=O) groups excluding carboxylic acids is 1. The summed E-state index contributed by atoms with van der Waals surface area (Å²) in [6.07, 6.45) is 4.45. The number of rotatable bonds is 3. The minimum atomic E-state index is 0.0787. The van der Waals surface area contributed by atoms with Crippen LogP contribution in [0, 0.1) is 0 Å². The van der Waals surface area contributed by atoms with Gasteiger partial charge >= 0.3 is 0 Å². The Balaban J connectivity index is 1.63. The molecule has 1 aromatic carbocycles. The molecule has 0 N–H and O–H groups in total. The zero-order chi connectivity index (χ0) is 17.0. The van der Waals surface area contributed by atoms with Gasteiger partial charge < -0.3 is 9.42 Å². The molecule has 7 nitrogen and oxygen atoms in total. The molecule has 0 unspecified atom stereocenters. The van der Waals surface area contributed by atoms with Crippen LogP contribution in [0.5, 0.6) is 0 Å². The van der Waals surface area contributed by atoms with E-state index in [-0.39, 0.29) is 5.91 Å². The van der Waals surface area contributed by atoms with Crippen molar-refractivity contribution in [2.75, 3.05) is 4.90 Å². The van der Waals surface area contributed by atoms with Crippen molar-refractivity contribution in [1.82, 2.24) is 19.7 Å². The normalized spacial score (nSPS) is 15.8. The number of fused-ring (bicyclic) bond motifs is 3. The maximum atomic E-state index is 12.5. The lowest BCUT2D eigenvalue weighted by Crippen LogP contribution is -2.34. The Hall–Kier alpha value is -2.96. The van der Waals surface area contributed by atoms with Crippen LogP contribution in [-0.2, 0) is 11.3 Å². The van der Waals surface area contributed by atoms with E-state index in [0.29, 0.717) is 30.5 Å². The molecule has 0 atom stereocenters. The van der Waals surface area contributed by atoms with E-state index < -0.39 is 0 Å². The number of nitrogens with zero attached hydrogens (tertiary/aromatic N) is 5. The Kier molecular flexibility index (Phi) is 3.03. The first-order valence-electron chi connectivity index (χ1n) is 8.56. The second kappa shape index (κ2) is 5.27. The largest absolute Gasteiger partial charge is 0.332 e. The van der Waals surface area contributed by atoms with E-state index in [2.05, 4.69) is 15.1 Å². The van der Waals surface area contributed by atoms with E-state index in [4.69, 9.17) is 4.52 Å². The lowest BCUT2D eigenvalue weighted by molar-refractivity contribution is -0.118. The molecule has 3 aromatic rings. The molecule has 1 aliphatic carbocycles. The Morgan fingerprint density at radius 3 is 2.84 bits per heavy atom. The van der Waals surface area contributed by atoms with Gasteiger partial charge in [-0.2, -0.15) is 4.98 Å². The number of benzene rings is 1. The molecule has 0 bridgehead atoms. The highest BCUT2D eigenvalue weighted by atomic mass is 16.5. The number of imidazole rings is 1. The summed E-state index contributed by atoms with van der Waals surface area (Å²) in [5.41, 5.74) is 3.38. The van der Waals surface area contributed by atoms with Gasteiger partial charge in [-0.1, -0.05) is 24.2 Å². The van der Waals surface area contributed by atoms with Gasteiger partial charge in [0.15, 0.2) is 11.5 Å². The topological polar surface area (TPSA) is 77.1 Å². The Morgan fingerprint density at radius 1 is 1.28 bits per heavy atom. The Bertz CT molecular complexity index is 970. The SMILES string of the molecule is CCC(=O)N1Cc2c(-c3nc(C4CC4)no3)ncn2-c2ccccc21. The number of hydrogen-bond donors (Lipinski definition) is 0. The molecule has 3 heterocycles. The minimum absolute atomic E-state index is 0.0787. The lowest BCUT2D eigenvalue weighted by Gasteiger charge is -2.30. The maximum Gasteiger partial charge on any atom is 0.278 e. The first kappa shape index (κ1) is 14.4. The van der Waals surface area contributed by atoms with Crippen LogP contribution in [0.4, 0.5) is 5.69 Å². The van der Waals surface area contributed by atoms with Crippen LogP contribution in [0.25, 0.3) is 17.3 Å². The molecule has 2 aromatic heterocycles. The number of aromatic nitrogens is 4. The fourth-order valence-corrected chi connectivity index (χ4v) is 3.29. The molecule has 1 aliphatic heterocycles. The summed E-state index contributed by atoms with van der Waals surface area (Å²) in [6, 6.07) is 7.85. The average molecular weight is 335 g/mol. The predicted molar refractivity (Wildman–Crippen MR) is 90.3 cm³/mol. The van der Waals surface area contributed by atoms with Crippen LogP contribution in [0.1, 0.15) is 43.6 Å². The van der Waals surface area contributed by atoms with Crippen molar-refractivity contribution in [3.63, 3.8) is 0 Å². The highest BCUT2D eigenvalue weighted by Crippen LogP contribution is 2.40. The molecule has 5 rings (SSSR count). The smallest absolute Gasteiger partial charge is 0.278 e. The molecule has 0 spiro atoms. The van der Waals surface area contributed by atoms with Gasteiger partial charge in [0.05, 0.1) is 23.6 Å². The second-order valence-corrected chi connectivity index (χ2v) is 6.46. The third kappa shape index (κ3) is 2.19. The fraction of sp³-hybridized carbons (Fsp3) is 0.333. The van der Waals surface area contributed by atoms with Crippen molar-refractivity contribution in [3.8, 4) is 17.3 Å². The van der Waals surface area contributed by atoms with E-state index >= 15 is 0 Å². The number of amides is 1. The predicted octanol–water partition coefficient (Wildman–Crippen LogP) is 3.06. The molecule has 0 saturated heterocycles. The molecule has 0 radical (unpaired) electrons. The standard InChI is InChI=1S/C18H17N5O2/c1-2-15(24)22-9-14-16(18-20-17(21-25-18)11-7-8-11)19-10-23(14)13-6-4-3-5-12(13)22/h3-6,10-11H,2,7-9H2,1H3. The lowest BCUT2D eigenvalue weighted by atomic mass is 10.1. The summed E-state index contributed by atoms with van der Waals surface area (Å²) in [7, 11) is 0. The van der Waals surface area contributed by atoms with E-state index in [1.54, 1.807) is 11.2 Å². The Morgan fingerprint density at radius 2 is 2.08 bits per heavy atom. The van der Waals surface area contributed by atoms with E-state index in [1.165, 1.54) is 0 Å². The monoisotopic (exact) mass is 335 g/mol. The third-order valence-electron chi connectivity index (χ3n) is 4.80. The summed E-state index contributed by atoms with van der Waals surface area (Å²) in [6.45, 7) is 2.32. The zero-order valence-electron chi connectivity index (χ0n) is 13.8. The molecule has 25 heavy (non-hydrogen) atoms. The van der Waals surface area contributed by atoms with Gasteiger partial charge in [-0.05, 0) is 25.0 Å². The van der Waals surface area contributed by atoms with Crippen molar-refractivity contribution in [2.24, 2.45) is 0 Å². The van der Waals surface area contributed by atoms with Gasteiger partial charge in [-0.25, -0.2) is 4.98 Å². The molecule has 1 amide bonds. The van der Waals surface area contributed by atoms with Crippen molar-refractivity contribution in [2.45, 2.75) is 38.6 Å². The molecule has 1 fully saturated rings. The van der Waals surface area contributed by atoms with Crippen molar-refractivity contribution in [3.05, 3.63) is 42.1 Å². The number of carbonyl (C=O) groups is 1. The zero-order valence-corrected chi connectivity index (χ0v) is 13.8. The molecule has 126 valence electrons. The molecule has 1 saturated carbocycles. The average Bonchev–Trinajstić information content (AvgIpc) is 3.23. The minimum Gasteiger partial charge on any atom is -0.332 e. The van der Waals surface area contributed by atoms with E-state index in [1.807, 2.05) is 35.8 Å². The number of anilines is 1. The van der Waals surface area contributed by atoms with Crippen LogP contribution in [0.2, 0.25) is 0 Å². The Labute approximate surface area is 144 Å². The molecular formula is C18H17N5O2. The van der Waals surface area contributed by atoms with Crippen molar-refractivity contribution >= 4 is 11.6 Å². The summed E-state index contributed by atoms with van der Waals surface area (Å²) < 4.78 is 7.45. The van der Waals surface area contributed by atoms with E-state index in [9.17, 15) is 4.79 Å². The number of hydrogen-bond acceptors (Lipinski definition) is 5. The van der Waals surface area contributed by atoms with Crippen LogP contribution in [0.15, 0.2) is 35.1 Å². The van der Waals surface area contributed by atoms with Gasteiger partial charge in [0, 0.05) is 12.3 Å². The molecule has 7 heteroatoms. The molecule has 2 aliphatic rings. The summed E-state index contributed by atoms with van der Waals surface area (Å²) in [4.78, 5) is 23.3. The maximum absolute atomic E-state index is 12.5.